The summed E-state index contributed by atoms with van der Waals surface area (Å²) < 4.78 is 2.22. The molecule has 2 amide bonds. The van der Waals surface area contributed by atoms with Crippen molar-refractivity contribution in [3.63, 3.8) is 0 Å². The predicted molar refractivity (Wildman–Crippen MR) is 141 cm³/mol. The topological polar surface area (TPSA) is 66.3 Å². The summed E-state index contributed by atoms with van der Waals surface area (Å²) >= 11 is 0. The van der Waals surface area contributed by atoms with Gasteiger partial charge in [-0.05, 0) is 56.2 Å². The predicted octanol–water partition coefficient (Wildman–Crippen LogP) is 4.87. The molecule has 0 bridgehead atoms. The first-order valence-electron chi connectivity index (χ1n) is 12.2. The number of hydrogen-bond donors (Lipinski definition) is 1. The molecule has 5 rings (SSSR count). The molecular formula is C28H32N6O. The molecule has 0 atom stereocenters. The lowest BCUT2D eigenvalue weighted by molar-refractivity contribution is 0.145. The number of fused-ring (bicyclic) bond motifs is 1. The van der Waals surface area contributed by atoms with Crippen molar-refractivity contribution < 1.29 is 4.79 Å². The van der Waals surface area contributed by atoms with E-state index in [1.807, 2.05) is 41.4 Å². The molecule has 0 saturated carbocycles. The van der Waals surface area contributed by atoms with Crippen molar-refractivity contribution in [2.45, 2.75) is 27.3 Å². The Morgan fingerprint density at radius 2 is 1.69 bits per heavy atom. The summed E-state index contributed by atoms with van der Waals surface area (Å²) in [5.41, 5.74) is 7.41. The normalized spacial score (nSPS) is 14.4. The Balaban J connectivity index is 1.22. The molecule has 7 heteroatoms. The number of carbonyl (C=O) groups is 1. The van der Waals surface area contributed by atoms with E-state index in [0.717, 1.165) is 54.4 Å². The van der Waals surface area contributed by atoms with Crippen molar-refractivity contribution in [2.24, 2.45) is 0 Å². The number of nitrogens with zero attached hydrogens (tertiary/aromatic N) is 5. The largest absolute Gasteiger partial charge is 0.322 e. The van der Waals surface area contributed by atoms with Gasteiger partial charge in [0.05, 0.1) is 0 Å². The summed E-state index contributed by atoms with van der Waals surface area (Å²) in [5.74, 6) is 0.949. The van der Waals surface area contributed by atoms with Gasteiger partial charge >= 0.3 is 6.03 Å². The van der Waals surface area contributed by atoms with E-state index in [-0.39, 0.29) is 6.03 Å². The van der Waals surface area contributed by atoms with Crippen molar-refractivity contribution in [3.8, 4) is 11.4 Å². The monoisotopic (exact) mass is 468 g/mol. The first kappa shape index (κ1) is 23.1. The summed E-state index contributed by atoms with van der Waals surface area (Å²) in [4.78, 5) is 26.6. The SMILES string of the molecule is Cc1ccc(-c2nc3cccnc3n2CCN2CCN(C(=O)Nc3ccc(C)c(C)c3)CC2)cc1. The first-order valence-corrected chi connectivity index (χ1v) is 12.2. The number of amides is 2. The van der Waals surface area contributed by atoms with Gasteiger partial charge in [0.2, 0.25) is 0 Å². The molecule has 1 aliphatic heterocycles. The van der Waals surface area contributed by atoms with Crippen molar-refractivity contribution in [2.75, 3.05) is 38.0 Å². The lowest BCUT2D eigenvalue weighted by Crippen LogP contribution is -2.50. The molecular weight excluding hydrogens is 436 g/mol. The summed E-state index contributed by atoms with van der Waals surface area (Å²) in [5, 5.41) is 3.05. The van der Waals surface area contributed by atoms with E-state index >= 15 is 0 Å². The lowest BCUT2D eigenvalue weighted by atomic mass is 10.1. The zero-order valence-corrected chi connectivity index (χ0v) is 20.7. The Morgan fingerprint density at radius 3 is 2.43 bits per heavy atom. The highest BCUT2D eigenvalue weighted by molar-refractivity contribution is 5.89. The minimum atomic E-state index is -0.0284. The van der Waals surface area contributed by atoms with Gasteiger partial charge in [0.25, 0.3) is 0 Å². The van der Waals surface area contributed by atoms with Gasteiger partial charge in [0.15, 0.2) is 5.65 Å². The smallest absolute Gasteiger partial charge is 0.321 e. The van der Waals surface area contributed by atoms with E-state index in [0.29, 0.717) is 13.1 Å². The molecule has 2 aromatic heterocycles. The molecule has 1 aliphatic rings. The van der Waals surface area contributed by atoms with Crippen molar-refractivity contribution in [3.05, 3.63) is 77.5 Å². The van der Waals surface area contributed by atoms with E-state index in [4.69, 9.17) is 4.98 Å². The maximum absolute atomic E-state index is 12.8. The van der Waals surface area contributed by atoms with E-state index in [1.54, 1.807) is 0 Å². The third kappa shape index (κ3) is 5.05. The number of urea groups is 1. The van der Waals surface area contributed by atoms with Gasteiger partial charge in [-0.15, -0.1) is 0 Å². The van der Waals surface area contributed by atoms with E-state index < -0.39 is 0 Å². The van der Waals surface area contributed by atoms with Crippen molar-refractivity contribution in [1.29, 1.82) is 0 Å². The summed E-state index contributed by atoms with van der Waals surface area (Å²) in [6.07, 6.45) is 1.83. The highest BCUT2D eigenvalue weighted by Gasteiger charge is 2.22. The highest BCUT2D eigenvalue weighted by atomic mass is 16.2. The van der Waals surface area contributed by atoms with E-state index in [2.05, 4.69) is 64.8 Å². The number of piperazine rings is 1. The molecule has 0 spiro atoms. The van der Waals surface area contributed by atoms with Gasteiger partial charge in [0, 0.05) is 56.7 Å². The standard InChI is InChI=1S/C28H32N6O/c1-20-6-9-23(10-7-20)26-31-25-5-4-12-29-27(25)34(26)18-15-32-13-16-33(17-14-32)28(35)30-24-11-8-21(2)22(3)19-24/h4-12,19H,13-18H2,1-3H3,(H,30,35). The molecule has 7 nitrogen and oxygen atoms in total. The molecule has 2 aromatic carbocycles. The Bertz CT molecular complexity index is 1340. The van der Waals surface area contributed by atoms with Gasteiger partial charge in [-0.1, -0.05) is 35.9 Å². The average molecular weight is 469 g/mol. The zero-order valence-electron chi connectivity index (χ0n) is 20.7. The molecule has 1 fully saturated rings. The molecule has 35 heavy (non-hydrogen) atoms. The fourth-order valence-electron chi connectivity index (χ4n) is 4.53. The second-order valence-corrected chi connectivity index (χ2v) is 9.36. The number of aryl methyl sites for hydroxylation is 3. The fraction of sp³-hybridized carbons (Fsp3) is 0.321. The maximum Gasteiger partial charge on any atom is 0.321 e. The Hall–Kier alpha value is -3.71. The minimum Gasteiger partial charge on any atom is -0.322 e. The van der Waals surface area contributed by atoms with Crippen LogP contribution in [0.3, 0.4) is 0 Å². The summed E-state index contributed by atoms with van der Waals surface area (Å²) in [7, 11) is 0. The number of rotatable bonds is 5. The van der Waals surface area contributed by atoms with E-state index in [1.165, 1.54) is 16.7 Å². The Morgan fingerprint density at radius 1 is 0.914 bits per heavy atom. The fourth-order valence-corrected chi connectivity index (χ4v) is 4.53. The van der Waals surface area contributed by atoms with Crippen LogP contribution in [-0.4, -0.2) is 63.1 Å². The average Bonchev–Trinajstić information content (AvgIpc) is 3.24. The minimum absolute atomic E-state index is 0.0284. The van der Waals surface area contributed by atoms with Crippen LogP contribution in [-0.2, 0) is 6.54 Å². The van der Waals surface area contributed by atoms with Gasteiger partial charge < -0.3 is 14.8 Å². The summed E-state index contributed by atoms with van der Waals surface area (Å²) in [6, 6.07) is 18.4. The zero-order chi connectivity index (χ0) is 24.4. The van der Waals surface area contributed by atoms with Crippen LogP contribution in [0.1, 0.15) is 16.7 Å². The van der Waals surface area contributed by atoms with Crippen LogP contribution in [0.25, 0.3) is 22.6 Å². The van der Waals surface area contributed by atoms with Crippen molar-refractivity contribution in [1.82, 2.24) is 24.3 Å². The van der Waals surface area contributed by atoms with Crippen LogP contribution >= 0.6 is 0 Å². The maximum atomic E-state index is 12.8. The van der Waals surface area contributed by atoms with Crippen LogP contribution < -0.4 is 5.32 Å². The molecule has 1 saturated heterocycles. The number of nitrogens with one attached hydrogen (secondary N) is 1. The number of pyridine rings is 1. The third-order valence-corrected chi connectivity index (χ3v) is 6.87. The van der Waals surface area contributed by atoms with Crippen LogP contribution in [0, 0.1) is 20.8 Å². The molecule has 180 valence electrons. The van der Waals surface area contributed by atoms with Gasteiger partial charge in [-0.25, -0.2) is 14.8 Å². The second-order valence-electron chi connectivity index (χ2n) is 9.36. The van der Waals surface area contributed by atoms with Crippen LogP contribution in [0.15, 0.2) is 60.8 Å². The van der Waals surface area contributed by atoms with Crippen LogP contribution in [0.5, 0.6) is 0 Å². The molecule has 3 heterocycles. The summed E-state index contributed by atoms with van der Waals surface area (Å²) in [6.45, 7) is 11.0. The third-order valence-electron chi connectivity index (χ3n) is 6.87. The highest BCUT2D eigenvalue weighted by Crippen LogP contribution is 2.24. The quantitative estimate of drug-likeness (QED) is 0.454. The van der Waals surface area contributed by atoms with E-state index in [9.17, 15) is 4.79 Å². The second kappa shape index (κ2) is 9.88. The number of benzene rings is 2. The number of aromatic nitrogens is 3. The molecule has 4 aromatic rings. The number of hydrogen-bond acceptors (Lipinski definition) is 4. The molecule has 0 aliphatic carbocycles. The lowest BCUT2D eigenvalue weighted by Gasteiger charge is -2.34. The molecule has 0 unspecified atom stereocenters. The Labute approximate surface area is 206 Å². The van der Waals surface area contributed by atoms with Gasteiger partial charge in [0.1, 0.15) is 11.3 Å². The van der Waals surface area contributed by atoms with Gasteiger partial charge in [-0.3, -0.25) is 4.90 Å². The first-order chi connectivity index (χ1) is 17.0. The molecule has 0 radical (unpaired) electrons. The number of imidazole rings is 1. The van der Waals surface area contributed by atoms with Crippen LogP contribution in [0.4, 0.5) is 10.5 Å². The van der Waals surface area contributed by atoms with Crippen molar-refractivity contribution >= 4 is 22.9 Å². The number of anilines is 1. The Kier molecular flexibility index (Phi) is 6.51. The van der Waals surface area contributed by atoms with Crippen LogP contribution in [0.2, 0.25) is 0 Å². The van der Waals surface area contributed by atoms with Gasteiger partial charge in [-0.2, -0.15) is 0 Å². The molecule has 1 N–H and O–H groups in total. The number of carbonyl (C=O) groups excluding carboxylic acids is 1.